The number of carbonyl (C=O) groups excluding carboxylic acids is 1. The average molecular weight is 356 g/mol. The van der Waals surface area contributed by atoms with E-state index in [1.165, 1.54) is 0 Å². The van der Waals surface area contributed by atoms with Crippen molar-refractivity contribution in [3.05, 3.63) is 29.3 Å². The highest BCUT2D eigenvalue weighted by atomic mass is 16.7. The van der Waals surface area contributed by atoms with Crippen molar-refractivity contribution in [3.8, 4) is 5.75 Å². The summed E-state index contributed by atoms with van der Waals surface area (Å²) in [6.45, 7) is 0.171. The standard InChI is InChI=1S/C16H24N2O7/c17-6-9-1-2-11(10(5-9)3-4-18-8-20)24-16-15(23)14(22)13(21)12(7-19)25-16/h1-2,5,8,12-16,19,21-23H,3-4,6-7,17H2,(H,18,20)/t12?,13-,14?,15?,16+/m1/s1. The minimum absolute atomic E-state index is 0.328. The Kier molecular flexibility index (Phi) is 7.12. The van der Waals surface area contributed by atoms with Crippen LogP contribution >= 0.6 is 0 Å². The summed E-state index contributed by atoms with van der Waals surface area (Å²) < 4.78 is 11.0. The Morgan fingerprint density at radius 1 is 1.24 bits per heavy atom. The summed E-state index contributed by atoms with van der Waals surface area (Å²) in [5.41, 5.74) is 7.23. The highest BCUT2D eigenvalue weighted by Gasteiger charge is 2.44. The SMILES string of the molecule is NCc1ccc(O[C@H]2OC(CO)[C@@H](O)C(O)C2O)c(CCNC=O)c1. The smallest absolute Gasteiger partial charge is 0.229 e. The van der Waals surface area contributed by atoms with Crippen LogP contribution in [0.3, 0.4) is 0 Å². The second-order valence-electron chi connectivity index (χ2n) is 5.78. The maximum atomic E-state index is 10.4. The van der Waals surface area contributed by atoms with E-state index in [4.69, 9.17) is 15.2 Å². The monoisotopic (exact) mass is 356 g/mol. The molecule has 140 valence electrons. The van der Waals surface area contributed by atoms with Crippen LogP contribution in [-0.4, -0.2) is 70.7 Å². The zero-order chi connectivity index (χ0) is 18.4. The number of nitrogens with two attached hydrogens (primary N) is 1. The molecule has 9 heteroatoms. The molecule has 0 aliphatic carbocycles. The number of aliphatic hydroxyl groups is 4. The molecule has 2 rings (SSSR count). The molecule has 0 radical (unpaired) electrons. The number of nitrogens with one attached hydrogen (secondary N) is 1. The van der Waals surface area contributed by atoms with E-state index in [1.54, 1.807) is 12.1 Å². The molecule has 1 fully saturated rings. The van der Waals surface area contributed by atoms with Crippen molar-refractivity contribution in [2.45, 2.75) is 43.7 Å². The minimum Gasteiger partial charge on any atom is -0.462 e. The highest BCUT2D eigenvalue weighted by molar-refractivity contribution is 5.46. The molecule has 1 saturated heterocycles. The second kappa shape index (κ2) is 9.09. The van der Waals surface area contributed by atoms with Crippen LogP contribution in [0, 0.1) is 0 Å². The topological polar surface area (TPSA) is 154 Å². The van der Waals surface area contributed by atoms with Crippen molar-refractivity contribution in [2.24, 2.45) is 5.73 Å². The first-order valence-electron chi connectivity index (χ1n) is 7.97. The van der Waals surface area contributed by atoms with Gasteiger partial charge in [-0.2, -0.15) is 0 Å². The Morgan fingerprint density at radius 3 is 2.64 bits per heavy atom. The molecule has 25 heavy (non-hydrogen) atoms. The first kappa shape index (κ1) is 19.6. The van der Waals surface area contributed by atoms with Crippen LogP contribution in [-0.2, 0) is 22.5 Å². The molecule has 0 spiro atoms. The van der Waals surface area contributed by atoms with Gasteiger partial charge in [0.25, 0.3) is 0 Å². The summed E-state index contributed by atoms with van der Waals surface area (Å²) in [5, 5.41) is 41.5. The lowest BCUT2D eigenvalue weighted by Crippen LogP contribution is -2.60. The Morgan fingerprint density at radius 2 is 2.00 bits per heavy atom. The van der Waals surface area contributed by atoms with Crippen LogP contribution in [0.1, 0.15) is 11.1 Å². The number of carbonyl (C=O) groups is 1. The summed E-state index contributed by atoms with van der Waals surface area (Å²) in [5.74, 6) is 0.384. The number of amides is 1. The molecule has 3 unspecified atom stereocenters. The van der Waals surface area contributed by atoms with Gasteiger partial charge in [0.15, 0.2) is 0 Å². The summed E-state index contributed by atoms with van der Waals surface area (Å²) in [7, 11) is 0. The Labute approximate surface area is 145 Å². The Hall–Kier alpha value is -1.75. The Balaban J connectivity index is 2.18. The lowest BCUT2D eigenvalue weighted by atomic mass is 9.99. The molecule has 1 aromatic carbocycles. The molecular formula is C16H24N2O7. The zero-order valence-corrected chi connectivity index (χ0v) is 13.6. The molecule has 7 N–H and O–H groups in total. The fourth-order valence-electron chi connectivity index (χ4n) is 2.63. The molecule has 1 aromatic rings. The lowest BCUT2D eigenvalue weighted by molar-refractivity contribution is -0.277. The summed E-state index contributed by atoms with van der Waals surface area (Å²) >= 11 is 0. The molecule has 0 aromatic heterocycles. The van der Waals surface area contributed by atoms with Crippen molar-refractivity contribution in [2.75, 3.05) is 13.2 Å². The van der Waals surface area contributed by atoms with Gasteiger partial charge >= 0.3 is 0 Å². The zero-order valence-electron chi connectivity index (χ0n) is 13.6. The van der Waals surface area contributed by atoms with Crippen molar-refractivity contribution < 1.29 is 34.7 Å². The molecule has 5 atom stereocenters. The molecule has 1 heterocycles. The first-order chi connectivity index (χ1) is 12.0. The quantitative estimate of drug-likeness (QED) is 0.223. The molecule has 0 saturated carbocycles. The number of hydrogen-bond donors (Lipinski definition) is 6. The van der Waals surface area contributed by atoms with E-state index in [2.05, 4.69) is 5.32 Å². The van der Waals surface area contributed by atoms with E-state index in [-0.39, 0.29) is 0 Å². The van der Waals surface area contributed by atoms with Gasteiger partial charge in [-0.25, -0.2) is 0 Å². The minimum atomic E-state index is -1.51. The van der Waals surface area contributed by atoms with Crippen molar-refractivity contribution in [1.82, 2.24) is 5.32 Å². The van der Waals surface area contributed by atoms with Crippen molar-refractivity contribution in [3.63, 3.8) is 0 Å². The van der Waals surface area contributed by atoms with E-state index in [1.807, 2.05) is 6.07 Å². The maximum Gasteiger partial charge on any atom is 0.229 e. The molecule has 1 aliphatic heterocycles. The fraction of sp³-hybridized carbons (Fsp3) is 0.562. The third kappa shape index (κ3) is 4.66. The maximum absolute atomic E-state index is 10.4. The van der Waals surface area contributed by atoms with Crippen LogP contribution in [0.25, 0.3) is 0 Å². The largest absolute Gasteiger partial charge is 0.462 e. The van der Waals surface area contributed by atoms with Crippen LogP contribution in [0.15, 0.2) is 18.2 Å². The number of aliphatic hydroxyl groups excluding tert-OH is 4. The predicted molar refractivity (Wildman–Crippen MR) is 86.5 cm³/mol. The van der Waals surface area contributed by atoms with Crippen molar-refractivity contribution in [1.29, 1.82) is 0 Å². The highest BCUT2D eigenvalue weighted by Crippen LogP contribution is 2.27. The molecule has 1 aliphatic rings. The average Bonchev–Trinajstić information content (AvgIpc) is 2.63. The number of rotatable bonds is 8. The molecule has 1 amide bonds. The predicted octanol–water partition coefficient (Wildman–Crippen LogP) is -2.39. The van der Waals surface area contributed by atoms with Crippen LogP contribution in [0.4, 0.5) is 0 Å². The molecular weight excluding hydrogens is 332 g/mol. The van der Waals surface area contributed by atoms with Gasteiger partial charge in [-0.15, -0.1) is 0 Å². The van der Waals surface area contributed by atoms with E-state index < -0.39 is 37.3 Å². The lowest BCUT2D eigenvalue weighted by Gasteiger charge is -2.39. The summed E-state index contributed by atoms with van der Waals surface area (Å²) in [4.78, 5) is 10.4. The third-order valence-corrected chi connectivity index (χ3v) is 4.07. The van der Waals surface area contributed by atoms with Crippen LogP contribution in [0.5, 0.6) is 5.75 Å². The van der Waals surface area contributed by atoms with Gasteiger partial charge in [0.05, 0.1) is 6.61 Å². The first-order valence-corrected chi connectivity index (χ1v) is 7.97. The van der Waals surface area contributed by atoms with Crippen LogP contribution in [0.2, 0.25) is 0 Å². The number of ether oxygens (including phenoxy) is 2. The fourth-order valence-corrected chi connectivity index (χ4v) is 2.63. The van der Waals surface area contributed by atoms with E-state index in [0.29, 0.717) is 31.7 Å². The Bertz CT molecular complexity index is 569. The normalized spacial score (nSPS) is 29.2. The number of benzene rings is 1. The van der Waals surface area contributed by atoms with E-state index >= 15 is 0 Å². The van der Waals surface area contributed by atoms with E-state index in [0.717, 1.165) is 11.1 Å². The van der Waals surface area contributed by atoms with E-state index in [9.17, 15) is 25.2 Å². The van der Waals surface area contributed by atoms with Gasteiger partial charge in [-0.05, 0) is 23.6 Å². The second-order valence-corrected chi connectivity index (χ2v) is 5.78. The van der Waals surface area contributed by atoms with Gasteiger partial charge in [0.1, 0.15) is 30.2 Å². The van der Waals surface area contributed by atoms with Crippen molar-refractivity contribution >= 4 is 6.41 Å². The van der Waals surface area contributed by atoms with Crippen LogP contribution < -0.4 is 15.8 Å². The molecule has 0 bridgehead atoms. The number of hydrogen-bond acceptors (Lipinski definition) is 8. The third-order valence-electron chi connectivity index (χ3n) is 4.07. The van der Waals surface area contributed by atoms with Gasteiger partial charge < -0.3 is 41.0 Å². The van der Waals surface area contributed by atoms with Gasteiger partial charge in [0, 0.05) is 13.1 Å². The van der Waals surface area contributed by atoms with Gasteiger partial charge in [0.2, 0.25) is 12.7 Å². The van der Waals surface area contributed by atoms with Gasteiger partial charge in [-0.1, -0.05) is 12.1 Å². The summed E-state index contributed by atoms with van der Waals surface area (Å²) in [6, 6.07) is 5.21. The van der Waals surface area contributed by atoms with Gasteiger partial charge in [-0.3, -0.25) is 4.79 Å². The summed E-state index contributed by atoms with van der Waals surface area (Å²) in [6.07, 6.45) is -5.73. The molecule has 9 nitrogen and oxygen atoms in total.